The Morgan fingerprint density at radius 3 is 2.79 bits per heavy atom. The highest BCUT2D eigenvalue weighted by Crippen LogP contribution is 2.33. The van der Waals surface area contributed by atoms with Crippen LogP contribution in [0.1, 0.15) is 24.4 Å². The molecule has 0 amide bonds. The van der Waals surface area contributed by atoms with E-state index in [2.05, 4.69) is 22.2 Å². The van der Waals surface area contributed by atoms with Crippen molar-refractivity contribution in [1.29, 1.82) is 0 Å². The van der Waals surface area contributed by atoms with Crippen molar-refractivity contribution in [2.24, 2.45) is 0 Å². The van der Waals surface area contributed by atoms with Crippen molar-refractivity contribution in [1.82, 2.24) is 15.3 Å². The van der Waals surface area contributed by atoms with Gasteiger partial charge < -0.3 is 15.0 Å². The summed E-state index contributed by atoms with van der Waals surface area (Å²) in [5, 5.41) is 8.05. The maximum Gasteiger partial charge on any atom is 0.260 e. The Morgan fingerprint density at radius 1 is 1.21 bits per heavy atom. The molecular formula is C21H21N3O2S2. The Bertz CT molecular complexity index is 1110. The van der Waals surface area contributed by atoms with Gasteiger partial charge in [0, 0.05) is 22.4 Å². The van der Waals surface area contributed by atoms with Crippen LogP contribution in [0.3, 0.4) is 0 Å². The van der Waals surface area contributed by atoms with Gasteiger partial charge in [-0.05, 0) is 37.4 Å². The zero-order valence-corrected chi connectivity index (χ0v) is 17.3. The summed E-state index contributed by atoms with van der Waals surface area (Å²) in [7, 11) is 0. The third-order valence-corrected chi connectivity index (χ3v) is 6.28. The number of nitrogens with zero attached hydrogens (tertiary/aromatic N) is 1. The summed E-state index contributed by atoms with van der Waals surface area (Å²) in [5.74, 6) is 1.50. The van der Waals surface area contributed by atoms with E-state index in [1.807, 2.05) is 54.1 Å². The van der Waals surface area contributed by atoms with Crippen LogP contribution in [0.2, 0.25) is 0 Å². The second kappa shape index (κ2) is 8.26. The van der Waals surface area contributed by atoms with Crippen LogP contribution in [-0.4, -0.2) is 23.1 Å². The van der Waals surface area contributed by atoms with Crippen LogP contribution in [0, 0.1) is 6.92 Å². The maximum atomic E-state index is 12.7. The second-order valence-corrected chi connectivity index (χ2v) is 8.40. The Morgan fingerprint density at radius 2 is 2.04 bits per heavy atom. The van der Waals surface area contributed by atoms with E-state index >= 15 is 0 Å². The molecule has 1 aromatic carbocycles. The van der Waals surface area contributed by atoms with Crippen molar-refractivity contribution in [3.05, 3.63) is 68.9 Å². The number of benzene rings is 1. The molecule has 144 valence electrons. The number of aromatic amines is 1. The molecule has 0 saturated carbocycles. The van der Waals surface area contributed by atoms with E-state index in [1.165, 1.54) is 16.9 Å². The number of H-pyrrole nitrogens is 1. The molecule has 3 aromatic heterocycles. The summed E-state index contributed by atoms with van der Waals surface area (Å²) in [6.07, 6.45) is 0. The predicted octanol–water partition coefficient (Wildman–Crippen LogP) is 4.75. The minimum Gasteiger partial charge on any atom is -0.492 e. The summed E-state index contributed by atoms with van der Waals surface area (Å²) in [4.78, 5) is 22.2. The number of rotatable bonds is 7. The first-order valence-electron chi connectivity index (χ1n) is 9.10. The Kier molecular flexibility index (Phi) is 5.57. The lowest BCUT2D eigenvalue weighted by molar-refractivity contribution is 0.306. The molecule has 0 radical (unpaired) electrons. The lowest BCUT2D eigenvalue weighted by Crippen LogP contribution is -2.27. The van der Waals surface area contributed by atoms with Crippen molar-refractivity contribution in [3.63, 3.8) is 0 Å². The lowest BCUT2D eigenvalue weighted by Gasteiger charge is -2.13. The Labute approximate surface area is 171 Å². The zero-order valence-electron chi connectivity index (χ0n) is 15.7. The van der Waals surface area contributed by atoms with Gasteiger partial charge >= 0.3 is 0 Å². The van der Waals surface area contributed by atoms with Gasteiger partial charge in [0.2, 0.25) is 0 Å². The predicted molar refractivity (Wildman–Crippen MR) is 117 cm³/mol. The largest absolute Gasteiger partial charge is 0.492 e. The van der Waals surface area contributed by atoms with Crippen LogP contribution in [0.25, 0.3) is 20.7 Å². The van der Waals surface area contributed by atoms with Crippen molar-refractivity contribution in [2.75, 3.05) is 13.2 Å². The number of nitrogens with one attached hydrogen (secondary N) is 2. The molecule has 0 aliphatic carbocycles. The van der Waals surface area contributed by atoms with Gasteiger partial charge in [-0.15, -0.1) is 22.7 Å². The monoisotopic (exact) mass is 411 g/mol. The van der Waals surface area contributed by atoms with Crippen LogP contribution >= 0.6 is 22.7 Å². The van der Waals surface area contributed by atoms with E-state index < -0.39 is 0 Å². The molecule has 2 N–H and O–H groups in total. The number of hydrogen-bond donors (Lipinski definition) is 2. The van der Waals surface area contributed by atoms with E-state index in [0.29, 0.717) is 24.4 Å². The molecule has 7 heteroatoms. The van der Waals surface area contributed by atoms with E-state index in [4.69, 9.17) is 4.74 Å². The van der Waals surface area contributed by atoms with Crippen LogP contribution in [0.5, 0.6) is 5.75 Å². The van der Waals surface area contributed by atoms with Crippen LogP contribution in [0.15, 0.2) is 52.0 Å². The summed E-state index contributed by atoms with van der Waals surface area (Å²) in [6, 6.07) is 11.9. The SMILES string of the molecule is Cc1ccc(OCCN[C@H](C)c2nc3scc(-c4cccs4)c3c(=O)[nH]2)cc1. The Balaban J connectivity index is 1.42. The minimum absolute atomic E-state index is 0.0778. The van der Waals surface area contributed by atoms with Crippen molar-refractivity contribution >= 4 is 32.9 Å². The highest BCUT2D eigenvalue weighted by molar-refractivity contribution is 7.18. The molecule has 0 aliphatic heterocycles. The molecule has 3 heterocycles. The summed E-state index contributed by atoms with van der Waals surface area (Å²) in [5.41, 5.74) is 2.08. The number of fused-ring (bicyclic) bond motifs is 1. The van der Waals surface area contributed by atoms with Crippen molar-refractivity contribution < 1.29 is 4.74 Å². The summed E-state index contributed by atoms with van der Waals surface area (Å²) < 4.78 is 5.73. The fraction of sp³-hybridized carbons (Fsp3) is 0.238. The number of aromatic nitrogens is 2. The number of hydrogen-bond acceptors (Lipinski definition) is 6. The first-order chi connectivity index (χ1) is 13.6. The molecule has 0 bridgehead atoms. The van der Waals surface area contributed by atoms with Gasteiger partial charge in [-0.2, -0.15) is 0 Å². The van der Waals surface area contributed by atoms with E-state index in [1.54, 1.807) is 11.3 Å². The van der Waals surface area contributed by atoms with Crippen molar-refractivity contribution in [2.45, 2.75) is 19.9 Å². The number of ether oxygens (including phenoxy) is 1. The van der Waals surface area contributed by atoms with E-state index in [0.717, 1.165) is 21.0 Å². The van der Waals surface area contributed by atoms with Gasteiger partial charge in [0.1, 0.15) is 23.0 Å². The molecule has 5 nitrogen and oxygen atoms in total. The zero-order chi connectivity index (χ0) is 19.5. The van der Waals surface area contributed by atoms with Gasteiger partial charge in [-0.25, -0.2) is 4.98 Å². The van der Waals surface area contributed by atoms with E-state index in [-0.39, 0.29) is 11.6 Å². The fourth-order valence-electron chi connectivity index (χ4n) is 2.96. The molecule has 28 heavy (non-hydrogen) atoms. The minimum atomic E-state index is -0.0887. The van der Waals surface area contributed by atoms with Gasteiger partial charge in [-0.1, -0.05) is 23.8 Å². The first kappa shape index (κ1) is 18.9. The Hall–Kier alpha value is -2.48. The average Bonchev–Trinajstić information content (AvgIpc) is 3.36. The van der Waals surface area contributed by atoms with E-state index in [9.17, 15) is 4.79 Å². The smallest absolute Gasteiger partial charge is 0.260 e. The highest BCUT2D eigenvalue weighted by Gasteiger charge is 2.16. The van der Waals surface area contributed by atoms with Crippen LogP contribution in [0.4, 0.5) is 0 Å². The standard InChI is InChI=1S/C21H21N3O2S2/c1-13-5-7-15(8-6-13)26-10-9-22-14(2)19-23-20(25)18-16(12-28-21(18)24-19)17-4-3-11-27-17/h3-8,11-12,14,22H,9-10H2,1-2H3,(H,23,24,25)/t14-/m1/s1. The summed E-state index contributed by atoms with van der Waals surface area (Å²) >= 11 is 3.13. The number of thiophene rings is 2. The van der Waals surface area contributed by atoms with Gasteiger partial charge in [0.15, 0.2) is 0 Å². The molecule has 0 fully saturated rings. The second-order valence-electron chi connectivity index (χ2n) is 6.60. The molecule has 0 spiro atoms. The maximum absolute atomic E-state index is 12.7. The molecule has 1 atom stereocenters. The highest BCUT2D eigenvalue weighted by atomic mass is 32.1. The first-order valence-corrected chi connectivity index (χ1v) is 10.9. The van der Waals surface area contributed by atoms with Crippen LogP contribution in [-0.2, 0) is 0 Å². The van der Waals surface area contributed by atoms with Gasteiger partial charge in [-0.3, -0.25) is 4.79 Å². The third-order valence-electron chi connectivity index (χ3n) is 4.50. The fourth-order valence-corrected chi connectivity index (χ4v) is 4.73. The third kappa shape index (κ3) is 4.01. The van der Waals surface area contributed by atoms with Crippen LogP contribution < -0.4 is 15.6 Å². The normalized spacial score (nSPS) is 12.4. The van der Waals surface area contributed by atoms with Gasteiger partial charge in [0.25, 0.3) is 5.56 Å². The molecule has 0 unspecified atom stereocenters. The van der Waals surface area contributed by atoms with Gasteiger partial charge in [0.05, 0.1) is 11.4 Å². The quantitative estimate of drug-likeness (QED) is 0.431. The number of aryl methyl sites for hydroxylation is 1. The van der Waals surface area contributed by atoms with Crippen molar-refractivity contribution in [3.8, 4) is 16.2 Å². The lowest BCUT2D eigenvalue weighted by atomic mass is 10.2. The summed E-state index contributed by atoms with van der Waals surface area (Å²) in [6.45, 7) is 5.24. The molecular weight excluding hydrogens is 390 g/mol. The molecule has 4 rings (SSSR count). The topological polar surface area (TPSA) is 67.0 Å². The molecule has 4 aromatic rings. The molecule has 0 saturated heterocycles. The molecule has 0 aliphatic rings. The average molecular weight is 412 g/mol.